The average Bonchev–Trinajstić information content (AvgIpc) is 2.75. The maximum absolute atomic E-state index is 12.4. The highest BCUT2D eigenvalue weighted by molar-refractivity contribution is 5.97. The number of hydrogen-bond donors (Lipinski definition) is 1. The second kappa shape index (κ2) is 5.86. The van der Waals surface area contributed by atoms with Crippen molar-refractivity contribution < 1.29 is 14.3 Å². The van der Waals surface area contributed by atoms with E-state index >= 15 is 0 Å². The Morgan fingerprint density at radius 2 is 1.73 bits per heavy atom. The summed E-state index contributed by atoms with van der Waals surface area (Å²) in [7, 11) is 1.72. The predicted molar refractivity (Wildman–Crippen MR) is 81.3 cm³/mol. The van der Waals surface area contributed by atoms with Gasteiger partial charge in [0.05, 0.1) is 5.69 Å². The number of hydrogen-bond acceptors (Lipinski definition) is 5. The van der Waals surface area contributed by atoms with Gasteiger partial charge >= 0.3 is 6.09 Å². The summed E-state index contributed by atoms with van der Waals surface area (Å²) in [4.78, 5) is 27.6. The molecular weight excluding hydrogens is 286 g/mol. The van der Waals surface area contributed by atoms with Crippen LogP contribution in [-0.4, -0.2) is 63.4 Å². The second-order valence-electron chi connectivity index (χ2n) is 6.37. The zero-order valence-electron chi connectivity index (χ0n) is 13.5. The van der Waals surface area contributed by atoms with Crippen LogP contribution >= 0.6 is 0 Å². The van der Waals surface area contributed by atoms with Gasteiger partial charge in [0.25, 0.3) is 5.91 Å². The summed E-state index contributed by atoms with van der Waals surface area (Å²) in [5.74, 6) is -0.207. The maximum Gasteiger partial charge on any atom is 0.410 e. The number of nitrogens with two attached hydrogens (primary N) is 1. The van der Waals surface area contributed by atoms with Crippen LogP contribution in [0.15, 0.2) is 6.20 Å². The number of piperazine rings is 1. The zero-order valence-corrected chi connectivity index (χ0v) is 13.5. The highest BCUT2D eigenvalue weighted by Crippen LogP contribution is 2.15. The number of amides is 2. The second-order valence-corrected chi connectivity index (χ2v) is 6.37. The van der Waals surface area contributed by atoms with Crippen molar-refractivity contribution in [1.29, 1.82) is 0 Å². The molecule has 8 heteroatoms. The van der Waals surface area contributed by atoms with E-state index in [-0.39, 0.29) is 17.7 Å². The summed E-state index contributed by atoms with van der Waals surface area (Å²) in [6.45, 7) is 7.24. The standard InChI is InChI=1S/C14H23N5O3/c1-14(2,3)22-13(21)19-7-5-18(6-8-19)12(20)11-10(15)9-17(4)16-11/h9H,5-8,15H2,1-4H3. The van der Waals surface area contributed by atoms with E-state index in [1.54, 1.807) is 23.0 Å². The summed E-state index contributed by atoms with van der Waals surface area (Å²) >= 11 is 0. The smallest absolute Gasteiger partial charge is 0.410 e. The Bertz CT molecular complexity index is 568. The number of rotatable bonds is 1. The van der Waals surface area contributed by atoms with E-state index in [4.69, 9.17) is 10.5 Å². The lowest BCUT2D eigenvalue weighted by atomic mass is 10.2. The van der Waals surface area contributed by atoms with E-state index < -0.39 is 5.60 Å². The van der Waals surface area contributed by atoms with Crippen LogP contribution in [0.4, 0.5) is 10.5 Å². The molecule has 0 radical (unpaired) electrons. The molecule has 0 bridgehead atoms. The number of nitrogens with zero attached hydrogens (tertiary/aromatic N) is 4. The molecule has 1 aromatic heterocycles. The quantitative estimate of drug-likeness (QED) is 0.824. The SMILES string of the molecule is Cn1cc(N)c(C(=O)N2CCN(C(=O)OC(C)(C)C)CC2)n1. The topological polar surface area (TPSA) is 93.7 Å². The number of aryl methyl sites for hydroxylation is 1. The molecule has 2 N–H and O–H groups in total. The Morgan fingerprint density at radius 3 is 2.18 bits per heavy atom. The van der Waals surface area contributed by atoms with Crippen molar-refractivity contribution in [3.05, 3.63) is 11.9 Å². The van der Waals surface area contributed by atoms with Crippen molar-refractivity contribution in [2.75, 3.05) is 31.9 Å². The van der Waals surface area contributed by atoms with Crippen LogP contribution in [0.25, 0.3) is 0 Å². The van der Waals surface area contributed by atoms with Gasteiger partial charge < -0.3 is 20.3 Å². The minimum absolute atomic E-state index is 0.207. The molecule has 2 heterocycles. The molecule has 2 rings (SSSR count). The highest BCUT2D eigenvalue weighted by atomic mass is 16.6. The van der Waals surface area contributed by atoms with Gasteiger partial charge in [-0.05, 0) is 20.8 Å². The van der Waals surface area contributed by atoms with Crippen LogP contribution in [0.2, 0.25) is 0 Å². The molecule has 1 aromatic rings. The van der Waals surface area contributed by atoms with Gasteiger partial charge in [0, 0.05) is 39.4 Å². The number of aromatic nitrogens is 2. The zero-order chi connectivity index (χ0) is 16.5. The van der Waals surface area contributed by atoms with Crippen molar-refractivity contribution in [1.82, 2.24) is 19.6 Å². The number of carbonyl (C=O) groups is 2. The summed E-state index contributed by atoms with van der Waals surface area (Å²) in [5, 5.41) is 4.08. The molecule has 0 atom stereocenters. The van der Waals surface area contributed by atoms with Crippen LogP contribution in [-0.2, 0) is 11.8 Å². The van der Waals surface area contributed by atoms with Gasteiger partial charge in [-0.3, -0.25) is 9.48 Å². The molecule has 0 spiro atoms. The van der Waals surface area contributed by atoms with Gasteiger partial charge in [-0.15, -0.1) is 0 Å². The van der Waals surface area contributed by atoms with Crippen LogP contribution in [0.5, 0.6) is 0 Å². The van der Waals surface area contributed by atoms with Gasteiger partial charge in [-0.1, -0.05) is 0 Å². The van der Waals surface area contributed by atoms with Crippen molar-refractivity contribution in [2.24, 2.45) is 7.05 Å². The lowest BCUT2D eigenvalue weighted by Gasteiger charge is -2.35. The third kappa shape index (κ3) is 3.69. The molecule has 1 aliphatic rings. The minimum Gasteiger partial charge on any atom is -0.444 e. The van der Waals surface area contributed by atoms with E-state index in [1.165, 1.54) is 4.68 Å². The monoisotopic (exact) mass is 309 g/mol. The Labute approximate surface area is 129 Å². The Kier molecular flexibility index (Phi) is 4.30. The molecule has 0 saturated carbocycles. The third-order valence-electron chi connectivity index (χ3n) is 3.28. The summed E-state index contributed by atoms with van der Waals surface area (Å²) in [6.07, 6.45) is 1.25. The molecule has 1 fully saturated rings. The van der Waals surface area contributed by atoms with Crippen LogP contribution in [0.1, 0.15) is 31.3 Å². The van der Waals surface area contributed by atoms with Crippen LogP contribution in [0.3, 0.4) is 0 Å². The first-order valence-electron chi connectivity index (χ1n) is 7.23. The molecule has 122 valence electrons. The van der Waals surface area contributed by atoms with E-state index in [1.807, 2.05) is 20.8 Å². The first-order chi connectivity index (χ1) is 10.2. The number of anilines is 1. The lowest BCUT2D eigenvalue weighted by Crippen LogP contribution is -2.51. The molecule has 8 nitrogen and oxygen atoms in total. The fraction of sp³-hybridized carbons (Fsp3) is 0.643. The largest absolute Gasteiger partial charge is 0.444 e. The van der Waals surface area contributed by atoms with Gasteiger partial charge in [0.2, 0.25) is 0 Å². The summed E-state index contributed by atoms with van der Waals surface area (Å²) in [6, 6.07) is 0. The van der Waals surface area contributed by atoms with E-state index in [0.29, 0.717) is 31.9 Å². The fourth-order valence-corrected chi connectivity index (χ4v) is 2.24. The van der Waals surface area contributed by atoms with Gasteiger partial charge in [-0.25, -0.2) is 4.79 Å². The predicted octanol–water partition coefficient (Wildman–Crippen LogP) is 0.695. The minimum atomic E-state index is -0.521. The van der Waals surface area contributed by atoms with Gasteiger partial charge in [0.15, 0.2) is 5.69 Å². The van der Waals surface area contributed by atoms with Crippen molar-refractivity contribution in [2.45, 2.75) is 26.4 Å². The normalized spacial score (nSPS) is 15.8. The number of ether oxygens (including phenoxy) is 1. The maximum atomic E-state index is 12.4. The van der Waals surface area contributed by atoms with E-state index in [9.17, 15) is 9.59 Å². The van der Waals surface area contributed by atoms with Crippen molar-refractivity contribution in [3.63, 3.8) is 0 Å². The lowest BCUT2D eigenvalue weighted by molar-refractivity contribution is 0.0140. The first-order valence-corrected chi connectivity index (χ1v) is 7.23. The summed E-state index contributed by atoms with van der Waals surface area (Å²) < 4.78 is 6.84. The van der Waals surface area contributed by atoms with E-state index in [2.05, 4.69) is 5.10 Å². The number of nitrogen functional groups attached to an aromatic ring is 1. The Morgan fingerprint density at radius 1 is 1.18 bits per heavy atom. The van der Waals surface area contributed by atoms with Gasteiger partial charge in [-0.2, -0.15) is 5.10 Å². The average molecular weight is 309 g/mol. The van der Waals surface area contributed by atoms with E-state index in [0.717, 1.165) is 0 Å². The Hall–Kier alpha value is -2.25. The van der Waals surface area contributed by atoms with Crippen molar-refractivity contribution >= 4 is 17.7 Å². The fourth-order valence-electron chi connectivity index (χ4n) is 2.24. The molecule has 0 aliphatic carbocycles. The molecule has 1 saturated heterocycles. The third-order valence-corrected chi connectivity index (χ3v) is 3.28. The first kappa shape index (κ1) is 16.1. The molecule has 1 aliphatic heterocycles. The summed E-state index contributed by atoms with van der Waals surface area (Å²) in [5.41, 5.74) is 5.88. The molecular formula is C14H23N5O3. The number of carbonyl (C=O) groups excluding carboxylic acids is 2. The molecule has 0 unspecified atom stereocenters. The van der Waals surface area contributed by atoms with Crippen molar-refractivity contribution in [3.8, 4) is 0 Å². The highest BCUT2D eigenvalue weighted by Gasteiger charge is 2.29. The molecule has 22 heavy (non-hydrogen) atoms. The molecule has 2 amide bonds. The van der Waals surface area contributed by atoms with Gasteiger partial charge in [0.1, 0.15) is 5.60 Å². The van der Waals surface area contributed by atoms with Crippen LogP contribution in [0, 0.1) is 0 Å². The molecule has 0 aromatic carbocycles. The Balaban J connectivity index is 1.93. The van der Waals surface area contributed by atoms with Crippen LogP contribution < -0.4 is 5.73 Å².